The quantitative estimate of drug-likeness (QED) is 0.673. The summed E-state index contributed by atoms with van der Waals surface area (Å²) >= 11 is 1.06. The van der Waals surface area contributed by atoms with E-state index >= 15 is 0 Å². The van der Waals surface area contributed by atoms with Crippen LogP contribution in [0.4, 0.5) is 10.8 Å². The van der Waals surface area contributed by atoms with E-state index in [1.807, 2.05) is 39.0 Å². The van der Waals surface area contributed by atoms with Crippen molar-refractivity contribution in [2.75, 3.05) is 10.0 Å². The first-order valence-electron chi connectivity index (χ1n) is 8.17. The number of aryl methyl sites for hydroxylation is 3. The Hall–Kier alpha value is -2.71. The average Bonchev–Trinajstić information content (AvgIpc) is 3.02. The van der Waals surface area contributed by atoms with Crippen LogP contribution in [0.25, 0.3) is 0 Å². The van der Waals surface area contributed by atoms with Crippen LogP contribution in [-0.4, -0.2) is 19.3 Å². The molecule has 1 amide bonds. The summed E-state index contributed by atoms with van der Waals surface area (Å²) in [7, 11) is -3.75. The third-order valence-electron chi connectivity index (χ3n) is 3.77. The van der Waals surface area contributed by atoms with Gasteiger partial charge >= 0.3 is 0 Å². The molecule has 1 heterocycles. The zero-order chi connectivity index (χ0) is 19.6. The Morgan fingerprint density at radius 3 is 2.22 bits per heavy atom. The zero-order valence-corrected chi connectivity index (χ0v) is 16.7. The summed E-state index contributed by atoms with van der Waals surface area (Å²) in [5, 5.41) is 4.44. The number of benzene rings is 2. The Labute approximate surface area is 162 Å². The molecule has 3 rings (SSSR count). The lowest BCUT2D eigenvalue weighted by molar-refractivity contribution is 0.102. The van der Waals surface area contributed by atoms with Crippen molar-refractivity contribution in [3.8, 4) is 0 Å². The number of rotatable bonds is 5. The lowest BCUT2D eigenvalue weighted by atomic mass is 10.1. The number of anilines is 2. The van der Waals surface area contributed by atoms with Gasteiger partial charge in [-0.05, 0) is 56.2 Å². The van der Waals surface area contributed by atoms with E-state index in [2.05, 4.69) is 15.0 Å². The summed E-state index contributed by atoms with van der Waals surface area (Å²) in [5.74, 6) is -0.392. The van der Waals surface area contributed by atoms with Crippen LogP contribution in [0.3, 0.4) is 0 Å². The highest BCUT2D eigenvalue weighted by atomic mass is 32.2. The highest BCUT2D eigenvalue weighted by Gasteiger charge is 2.18. The lowest BCUT2D eigenvalue weighted by Crippen LogP contribution is -2.15. The van der Waals surface area contributed by atoms with Crippen LogP contribution in [0.15, 0.2) is 52.7 Å². The Bertz CT molecular complexity index is 1070. The number of thiazole rings is 1. The van der Waals surface area contributed by atoms with Gasteiger partial charge in [-0.2, -0.15) is 0 Å². The molecule has 0 aliphatic heterocycles. The van der Waals surface area contributed by atoms with Crippen LogP contribution in [-0.2, 0) is 10.0 Å². The fourth-order valence-corrected chi connectivity index (χ4v) is 4.50. The monoisotopic (exact) mass is 401 g/mol. The molecule has 0 fully saturated rings. The Balaban J connectivity index is 1.74. The van der Waals surface area contributed by atoms with Crippen LogP contribution in [0.1, 0.15) is 27.2 Å². The molecule has 0 radical (unpaired) electrons. The molecule has 0 saturated heterocycles. The van der Waals surface area contributed by atoms with Crippen molar-refractivity contribution in [2.24, 2.45) is 0 Å². The molecule has 0 spiro atoms. The average molecular weight is 402 g/mol. The van der Waals surface area contributed by atoms with Gasteiger partial charge in [-0.1, -0.05) is 23.8 Å². The topological polar surface area (TPSA) is 88.2 Å². The van der Waals surface area contributed by atoms with Crippen molar-refractivity contribution in [2.45, 2.75) is 25.7 Å². The minimum Gasteiger partial charge on any atom is -0.321 e. The highest BCUT2D eigenvalue weighted by molar-refractivity contribution is 7.93. The normalized spacial score (nSPS) is 11.2. The van der Waals surface area contributed by atoms with E-state index in [1.54, 1.807) is 12.1 Å². The second kappa shape index (κ2) is 7.50. The fraction of sp³-hybridized carbons (Fsp3) is 0.158. The van der Waals surface area contributed by atoms with Crippen LogP contribution >= 0.6 is 11.3 Å². The number of carbonyl (C=O) groups excluding carboxylic acids is 1. The number of nitrogens with zero attached hydrogens (tertiary/aromatic N) is 1. The van der Waals surface area contributed by atoms with E-state index in [4.69, 9.17) is 0 Å². The van der Waals surface area contributed by atoms with Gasteiger partial charge in [0.05, 0.1) is 4.90 Å². The fourth-order valence-electron chi connectivity index (χ4n) is 2.56. The van der Waals surface area contributed by atoms with Gasteiger partial charge in [0.2, 0.25) is 0 Å². The van der Waals surface area contributed by atoms with Crippen LogP contribution in [0.5, 0.6) is 0 Å². The van der Waals surface area contributed by atoms with Crippen molar-refractivity contribution in [3.63, 3.8) is 0 Å². The molecule has 0 unspecified atom stereocenters. The Morgan fingerprint density at radius 2 is 1.59 bits per heavy atom. The molecule has 2 aromatic carbocycles. The van der Waals surface area contributed by atoms with E-state index in [-0.39, 0.29) is 15.7 Å². The Morgan fingerprint density at radius 1 is 0.963 bits per heavy atom. The number of hydrogen-bond acceptors (Lipinski definition) is 5. The van der Waals surface area contributed by atoms with Gasteiger partial charge in [0.15, 0.2) is 5.13 Å². The van der Waals surface area contributed by atoms with Gasteiger partial charge in [0, 0.05) is 11.1 Å². The van der Waals surface area contributed by atoms with E-state index in [1.165, 1.54) is 17.5 Å². The van der Waals surface area contributed by atoms with Crippen molar-refractivity contribution in [3.05, 3.63) is 70.2 Å². The number of carbonyl (C=O) groups is 1. The smallest absolute Gasteiger partial charge is 0.275 e. The summed E-state index contributed by atoms with van der Waals surface area (Å²) in [6, 6.07) is 12.2. The molecule has 6 nitrogen and oxygen atoms in total. The molecule has 2 N–H and O–H groups in total. The van der Waals surface area contributed by atoms with Gasteiger partial charge in [-0.25, -0.2) is 13.4 Å². The molecule has 3 aromatic rings. The van der Waals surface area contributed by atoms with Crippen LogP contribution < -0.4 is 10.0 Å². The molecule has 0 saturated carbocycles. The molecule has 1 aromatic heterocycles. The molecule has 0 aliphatic carbocycles. The van der Waals surface area contributed by atoms with Gasteiger partial charge in [0.1, 0.15) is 5.69 Å². The minimum atomic E-state index is -3.75. The van der Waals surface area contributed by atoms with Crippen molar-refractivity contribution >= 4 is 38.1 Å². The standard InChI is InChI=1S/C19H19N3O3S2/c1-12-4-6-16(7-5-12)27(24,25)22-19-21-17(11-26-19)18(23)20-15-9-13(2)8-14(3)10-15/h4-11H,1-3H3,(H,20,23)(H,21,22). The first kappa shape index (κ1) is 19.1. The first-order valence-corrected chi connectivity index (χ1v) is 10.5. The molecule has 0 aliphatic rings. The Kier molecular flexibility index (Phi) is 5.29. The third-order valence-corrected chi connectivity index (χ3v) is 6.01. The summed E-state index contributed by atoms with van der Waals surface area (Å²) in [6.45, 7) is 5.78. The molecule has 27 heavy (non-hydrogen) atoms. The molecule has 8 heteroatoms. The number of sulfonamides is 1. The summed E-state index contributed by atoms with van der Waals surface area (Å²) in [6.07, 6.45) is 0. The van der Waals surface area contributed by atoms with E-state index in [0.717, 1.165) is 28.0 Å². The maximum atomic E-state index is 12.4. The largest absolute Gasteiger partial charge is 0.321 e. The molecule has 140 valence electrons. The third kappa shape index (κ3) is 4.72. The second-order valence-corrected chi connectivity index (χ2v) is 8.83. The number of amides is 1. The van der Waals surface area contributed by atoms with E-state index in [0.29, 0.717) is 5.69 Å². The van der Waals surface area contributed by atoms with E-state index < -0.39 is 15.9 Å². The molecule has 0 atom stereocenters. The summed E-state index contributed by atoms with van der Waals surface area (Å²) in [5.41, 5.74) is 3.87. The van der Waals surface area contributed by atoms with Gasteiger partial charge < -0.3 is 5.32 Å². The molecular weight excluding hydrogens is 382 g/mol. The zero-order valence-electron chi connectivity index (χ0n) is 15.1. The summed E-state index contributed by atoms with van der Waals surface area (Å²) in [4.78, 5) is 16.6. The summed E-state index contributed by atoms with van der Waals surface area (Å²) < 4.78 is 27.2. The molecular formula is C19H19N3O3S2. The highest BCUT2D eigenvalue weighted by Crippen LogP contribution is 2.22. The number of aromatic nitrogens is 1. The maximum absolute atomic E-state index is 12.4. The van der Waals surface area contributed by atoms with Gasteiger partial charge in [-0.3, -0.25) is 9.52 Å². The SMILES string of the molecule is Cc1ccc(S(=O)(=O)Nc2nc(C(=O)Nc3cc(C)cc(C)c3)cs2)cc1. The predicted molar refractivity (Wildman–Crippen MR) is 108 cm³/mol. The first-order chi connectivity index (χ1) is 12.7. The van der Waals surface area contributed by atoms with E-state index in [9.17, 15) is 13.2 Å². The van der Waals surface area contributed by atoms with Crippen LogP contribution in [0.2, 0.25) is 0 Å². The van der Waals surface area contributed by atoms with Crippen molar-refractivity contribution in [1.29, 1.82) is 0 Å². The number of nitrogens with one attached hydrogen (secondary N) is 2. The number of hydrogen-bond donors (Lipinski definition) is 2. The van der Waals surface area contributed by atoms with Crippen molar-refractivity contribution < 1.29 is 13.2 Å². The van der Waals surface area contributed by atoms with Gasteiger partial charge in [-0.15, -0.1) is 11.3 Å². The minimum absolute atomic E-state index is 0.140. The molecule has 0 bridgehead atoms. The predicted octanol–water partition coefficient (Wildman–Crippen LogP) is 4.12. The van der Waals surface area contributed by atoms with Gasteiger partial charge in [0.25, 0.3) is 15.9 Å². The lowest BCUT2D eigenvalue weighted by Gasteiger charge is -2.06. The van der Waals surface area contributed by atoms with Crippen LogP contribution in [0, 0.1) is 20.8 Å². The van der Waals surface area contributed by atoms with Crippen molar-refractivity contribution in [1.82, 2.24) is 4.98 Å². The second-order valence-electron chi connectivity index (χ2n) is 6.29. The maximum Gasteiger partial charge on any atom is 0.275 e.